The van der Waals surface area contributed by atoms with Crippen molar-refractivity contribution in [3.8, 4) is 17.6 Å². The molecule has 0 unspecified atom stereocenters. The lowest BCUT2D eigenvalue weighted by atomic mass is 10.2. The number of aromatic amines is 1. The van der Waals surface area contributed by atoms with Gasteiger partial charge in [0.05, 0.1) is 23.2 Å². The second-order valence-electron chi connectivity index (χ2n) is 9.74. The largest absolute Gasteiger partial charge is 0.450 e. The zero-order valence-electron chi connectivity index (χ0n) is 21.1. The van der Waals surface area contributed by atoms with Crippen LogP contribution in [0.15, 0.2) is 42.9 Å². The Morgan fingerprint density at radius 3 is 2.63 bits per heavy atom. The lowest BCUT2D eigenvalue weighted by Gasteiger charge is -2.15. The molecule has 38 heavy (non-hydrogen) atoms. The Morgan fingerprint density at radius 1 is 1.21 bits per heavy atom. The number of H-pyrrole nitrogens is 1. The molecule has 0 saturated heterocycles. The normalized spacial score (nSPS) is 11.4. The summed E-state index contributed by atoms with van der Waals surface area (Å²) in [6.07, 6.45) is 4.53. The van der Waals surface area contributed by atoms with Gasteiger partial charge in [-0.15, -0.1) is 0 Å². The van der Waals surface area contributed by atoms with Crippen LogP contribution >= 0.6 is 0 Å². The van der Waals surface area contributed by atoms with Crippen LogP contribution in [0.3, 0.4) is 0 Å². The van der Waals surface area contributed by atoms with Crippen molar-refractivity contribution in [2.75, 3.05) is 11.9 Å². The smallest absolute Gasteiger partial charge is 0.319 e. The van der Waals surface area contributed by atoms with Gasteiger partial charge in [0.1, 0.15) is 24.2 Å². The molecule has 0 aliphatic heterocycles. The van der Waals surface area contributed by atoms with E-state index in [1.807, 2.05) is 0 Å². The maximum absolute atomic E-state index is 14.9. The van der Waals surface area contributed by atoms with E-state index >= 15 is 0 Å². The third-order valence-corrected chi connectivity index (χ3v) is 7.24. The molecule has 0 radical (unpaired) electrons. The average Bonchev–Trinajstić information content (AvgIpc) is 3.50. The Balaban J connectivity index is 1.50. The van der Waals surface area contributed by atoms with Crippen LogP contribution in [0.25, 0.3) is 11.0 Å². The van der Waals surface area contributed by atoms with Crippen molar-refractivity contribution in [2.24, 2.45) is 0 Å². The van der Waals surface area contributed by atoms with Crippen molar-refractivity contribution in [1.29, 1.82) is 5.26 Å². The number of anilines is 1. The minimum atomic E-state index is -1.27. The molecule has 3 aromatic heterocycles. The number of rotatable bonds is 10. The van der Waals surface area contributed by atoms with Gasteiger partial charge >= 0.3 is 6.03 Å². The highest BCUT2D eigenvalue weighted by Gasteiger charge is 2.20. The molecule has 13 heteroatoms. The number of carbonyl (C=O) groups excluding carboxylic acids is 1. The number of amides is 2. The van der Waals surface area contributed by atoms with Gasteiger partial charge in [-0.2, -0.15) is 10.4 Å². The predicted molar refractivity (Wildman–Crippen MR) is 139 cm³/mol. The first-order chi connectivity index (χ1) is 18.1. The number of nitriles is 1. The number of benzene rings is 1. The summed E-state index contributed by atoms with van der Waals surface area (Å²) in [6, 6.07) is 7.38. The molecule has 4 rings (SSSR count). The van der Waals surface area contributed by atoms with E-state index in [-0.39, 0.29) is 30.3 Å². The zero-order valence-corrected chi connectivity index (χ0v) is 22.1. The summed E-state index contributed by atoms with van der Waals surface area (Å²) in [6.45, 7) is 7.65. The first-order valence-electron chi connectivity index (χ1n) is 11.8. The average molecular weight is 540 g/mol. The number of pyridine rings is 1. The molecule has 3 heterocycles. The van der Waals surface area contributed by atoms with Crippen molar-refractivity contribution in [3.05, 3.63) is 65.7 Å². The summed E-state index contributed by atoms with van der Waals surface area (Å²) in [5, 5.41) is 21.3. The molecule has 1 aromatic carbocycles. The molecule has 4 aromatic rings. The van der Waals surface area contributed by atoms with Gasteiger partial charge in [-0.3, -0.25) is 5.10 Å². The number of fused-ring (bicyclic) bond motifs is 1. The van der Waals surface area contributed by atoms with Gasteiger partial charge in [-0.25, -0.2) is 18.6 Å². The monoisotopic (exact) mass is 539 g/mol. The van der Waals surface area contributed by atoms with Gasteiger partial charge in [-0.05, 0) is 18.2 Å². The van der Waals surface area contributed by atoms with E-state index in [0.717, 1.165) is 18.2 Å². The van der Waals surface area contributed by atoms with E-state index in [4.69, 9.17) is 9.47 Å². The van der Waals surface area contributed by atoms with E-state index in [0.29, 0.717) is 23.3 Å². The second kappa shape index (κ2) is 11.4. The van der Waals surface area contributed by atoms with E-state index in [1.54, 1.807) is 16.8 Å². The topological polar surface area (TPSA) is 130 Å². The Labute approximate surface area is 218 Å². The van der Waals surface area contributed by atoms with Crippen LogP contribution in [0.5, 0.6) is 11.5 Å². The molecule has 2 amide bonds. The molecule has 0 aliphatic rings. The predicted octanol–water partition coefficient (Wildman–Crippen LogP) is 5.34. The molecule has 198 valence electrons. The van der Waals surface area contributed by atoms with Gasteiger partial charge in [0.25, 0.3) is 0 Å². The molecule has 0 atom stereocenters. The van der Waals surface area contributed by atoms with Crippen LogP contribution in [0.4, 0.5) is 19.3 Å². The maximum atomic E-state index is 14.9. The van der Waals surface area contributed by atoms with Crippen molar-refractivity contribution in [1.82, 2.24) is 25.1 Å². The molecular weight excluding hydrogens is 512 g/mol. The number of carbonyl (C=O) groups is 1. The van der Waals surface area contributed by atoms with Crippen LogP contribution in [0.1, 0.15) is 11.3 Å². The van der Waals surface area contributed by atoms with E-state index < -0.39 is 31.5 Å². The number of halogens is 2. The first-order valence-corrected chi connectivity index (χ1v) is 15.5. The number of nitrogens with one attached hydrogen (secondary N) is 3. The molecule has 0 spiro atoms. The summed E-state index contributed by atoms with van der Waals surface area (Å²) in [5.74, 6) is -2.69. The summed E-state index contributed by atoms with van der Waals surface area (Å²) >= 11 is 0. The highest BCUT2D eigenvalue weighted by molar-refractivity contribution is 6.76. The highest BCUT2D eigenvalue weighted by atomic mass is 28.3. The van der Waals surface area contributed by atoms with Crippen LogP contribution < -0.4 is 15.4 Å². The van der Waals surface area contributed by atoms with Crippen LogP contribution in [0, 0.1) is 23.0 Å². The van der Waals surface area contributed by atoms with Crippen molar-refractivity contribution in [3.63, 3.8) is 0 Å². The molecular formula is C25H27F2N7O3Si. The lowest BCUT2D eigenvalue weighted by Crippen LogP contribution is -2.28. The van der Waals surface area contributed by atoms with E-state index in [2.05, 4.69) is 51.5 Å². The van der Waals surface area contributed by atoms with Gasteiger partial charge < -0.3 is 24.7 Å². The standard InChI is InChI=1S/C25H27F2N7O3Si/c1-38(2,3)9-8-36-15-34-14-16(12-28)22-21(5-6-29-24(22)34)37-23-19(26)10-18(11-20(23)27)32-25(35)30-13-17-4-7-31-33-17/h4-7,10-11,14H,8-9,13,15H2,1-3H3,(H,31,33)(H2,30,32,35). The van der Waals surface area contributed by atoms with Crippen molar-refractivity contribution < 1.29 is 23.0 Å². The molecule has 0 saturated carbocycles. The SMILES string of the molecule is C[Si](C)(C)CCOCn1cc(C#N)c2c(Oc3c(F)cc(NC(=O)NCc4ccn[nH]4)cc3F)ccnc21. The summed E-state index contributed by atoms with van der Waals surface area (Å²) < 4.78 is 42.8. The summed E-state index contributed by atoms with van der Waals surface area (Å²) in [7, 11) is -1.27. The molecule has 0 bridgehead atoms. The van der Waals surface area contributed by atoms with Gasteiger partial charge in [-0.1, -0.05) is 19.6 Å². The van der Waals surface area contributed by atoms with E-state index in [1.165, 1.54) is 18.5 Å². The highest BCUT2D eigenvalue weighted by Crippen LogP contribution is 2.35. The second-order valence-corrected chi connectivity index (χ2v) is 15.4. The number of ether oxygens (including phenoxy) is 2. The van der Waals surface area contributed by atoms with Crippen molar-refractivity contribution in [2.45, 2.75) is 39.0 Å². The maximum Gasteiger partial charge on any atom is 0.319 e. The fourth-order valence-corrected chi connectivity index (χ4v) is 4.33. The summed E-state index contributed by atoms with van der Waals surface area (Å²) in [4.78, 5) is 16.4. The number of urea groups is 1. The Kier molecular flexibility index (Phi) is 8.04. The van der Waals surface area contributed by atoms with Gasteiger partial charge in [0, 0.05) is 51.1 Å². The molecule has 0 fully saturated rings. The molecule has 0 aliphatic carbocycles. The fourth-order valence-electron chi connectivity index (χ4n) is 3.57. The van der Waals surface area contributed by atoms with Gasteiger partial charge in [0.2, 0.25) is 0 Å². The van der Waals surface area contributed by atoms with Gasteiger partial charge in [0.15, 0.2) is 17.4 Å². The minimum absolute atomic E-state index is 0.0585. The summed E-state index contributed by atoms with van der Waals surface area (Å²) in [5.41, 5.74) is 1.17. The third kappa shape index (κ3) is 6.53. The van der Waals surface area contributed by atoms with Crippen LogP contribution in [-0.4, -0.2) is 40.5 Å². The zero-order chi connectivity index (χ0) is 27.3. The Bertz CT molecular complexity index is 1450. The number of hydrogen-bond acceptors (Lipinski definition) is 6. The fraction of sp³-hybridized carbons (Fsp3) is 0.280. The molecule has 3 N–H and O–H groups in total. The van der Waals surface area contributed by atoms with E-state index in [9.17, 15) is 18.8 Å². The minimum Gasteiger partial charge on any atom is -0.450 e. The Hall–Kier alpha value is -4.28. The third-order valence-electron chi connectivity index (χ3n) is 5.53. The Morgan fingerprint density at radius 2 is 1.97 bits per heavy atom. The number of hydrogen-bond donors (Lipinski definition) is 3. The number of aromatic nitrogens is 4. The van der Waals surface area contributed by atoms with Crippen molar-refractivity contribution >= 4 is 30.8 Å². The number of nitrogens with zero attached hydrogens (tertiary/aromatic N) is 4. The van der Waals surface area contributed by atoms with Crippen LogP contribution in [-0.2, 0) is 18.0 Å². The quantitative estimate of drug-likeness (QED) is 0.184. The first kappa shape index (κ1) is 26.8. The molecule has 10 nitrogen and oxygen atoms in total. The lowest BCUT2D eigenvalue weighted by molar-refractivity contribution is 0.0898. The van der Waals surface area contributed by atoms with Crippen LogP contribution in [0.2, 0.25) is 25.7 Å².